The number of methoxy groups -OCH3 is 1. The van der Waals surface area contributed by atoms with Gasteiger partial charge in [0.15, 0.2) is 0 Å². The van der Waals surface area contributed by atoms with E-state index in [0.29, 0.717) is 42.9 Å². The number of nitrogens with zero attached hydrogens (tertiary/aromatic N) is 2. The van der Waals surface area contributed by atoms with E-state index < -0.39 is 17.7 Å². The van der Waals surface area contributed by atoms with Crippen molar-refractivity contribution in [3.63, 3.8) is 0 Å². The third kappa shape index (κ3) is 5.77. The third-order valence-electron chi connectivity index (χ3n) is 6.15. The summed E-state index contributed by atoms with van der Waals surface area (Å²) in [5.74, 6) is -0.0185. The normalized spacial score (nSPS) is 19.2. The number of likely N-dealkylation sites (N-methyl/N-ethyl adjacent to an activating group) is 1. The molecule has 4 nitrogen and oxygen atoms in total. The average Bonchev–Trinajstić information content (AvgIpc) is 2.89. The van der Waals surface area contributed by atoms with Crippen LogP contribution < -0.4 is 9.64 Å². The molecule has 0 N–H and O–H groups in total. The predicted molar refractivity (Wildman–Crippen MR) is 125 cm³/mol. The van der Waals surface area contributed by atoms with E-state index in [1.54, 1.807) is 12.0 Å². The van der Waals surface area contributed by atoms with Crippen LogP contribution in [-0.4, -0.2) is 45.1 Å². The zero-order valence-corrected chi connectivity index (χ0v) is 19.5. The van der Waals surface area contributed by atoms with Crippen molar-refractivity contribution in [2.75, 3.05) is 39.2 Å². The highest BCUT2D eigenvalue weighted by atomic mass is 19.4. The molecule has 0 aromatic heterocycles. The number of carbonyl (C=O) groups is 1. The van der Waals surface area contributed by atoms with Gasteiger partial charge in [-0.05, 0) is 81.2 Å². The van der Waals surface area contributed by atoms with Crippen LogP contribution in [0.5, 0.6) is 5.75 Å². The molecule has 1 aliphatic heterocycles. The van der Waals surface area contributed by atoms with E-state index in [9.17, 15) is 18.0 Å². The number of fused-ring (bicyclic) bond motifs is 1. The zero-order valence-electron chi connectivity index (χ0n) is 19.5. The van der Waals surface area contributed by atoms with Gasteiger partial charge >= 0.3 is 6.18 Å². The summed E-state index contributed by atoms with van der Waals surface area (Å²) in [7, 11) is 5.40. The van der Waals surface area contributed by atoms with E-state index in [0.717, 1.165) is 11.6 Å². The van der Waals surface area contributed by atoms with E-state index in [-0.39, 0.29) is 11.8 Å². The summed E-state index contributed by atoms with van der Waals surface area (Å²) in [5.41, 5.74) is 1.33. The summed E-state index contributed by atoms with van der Waals surface area (Å²) in [6.07, 6.45) is 0.283. The molecular weight excluding hydrogens is 429 g/mol. The second-order valence-corrected chi connectivity index (χ2v) is 8.63. The number of allylic oxidation sites excluding steroid dienone is 2. The van der Waals surface area contributed by atoms with Crippen molar-refractivity contribution < 1.29 is 22.7 Å². The zero-order chi connectivity index (χ0) is 24.2. The second-order valence-electron chi connectivity index (χ2n) is 8.63. The maximum Gasteiger partial charge on any atom is 0.416 e. The third-order valence-corrected chi connectivity index (χ3v) is 6.15. The average molecular weight is 461 g/mol. The number of hydrogen-bond acceptors (Lipinski definition) is 3. The first-order valence-corrected chi connectivity index (χ1v) is 11.1. The molecule has 0 aliphatic carbocycles. The Hall–Kier alpha value is -2.80. The molecule has 33 heavy (non-hydrogen) atoms. The Kier molecular flexibility index (Phi) is 7.84. The fourth-order valence-corrected chi connectivity index (χ4v) is 4.34. The smallest absolute Gasteiger partial charge is 0.416 e. The number of ether oxygens (including phenoxy) is 1. The lowest BCUT2D eigenvalue weighted by molar-refractivity contribution is -0.137. The molecule has 0 unspecified atom stereocenters. The number of halogens is 3. The summed E-state index contributed by atoms with van der Waals surface area (Å²) in [6, 6.07) is 11.2. The first-order chi connectivity index (χ1) is 15.7. The number of anilines is 1. The first-order valence-electron chi connectivity index (χ1n) is 11.1. The summed E-state index contributed by atoms with van der Waals surface area (Å²) in [6.45, 7) is 2.92. The van der Waals surface area contributed by atoms with Crippen molar-refractivity contribution in [1.29, 1.82) is 0 Å². The number of carbonyl (C=O) groups excluding carboxylic acids is 1. The molecule has 0 radical (unpaired) electrons. The van der Waals surface area contributed by atoms with Crippen LogP contribution in [0.3, 0.4) is 0 Å². The molecule has 0 fully saturated rings. The van der Waals surface area contributed by atoms with Crippen molar-refractivity contribution in [3.05, 3.63) is 71.3 Å². The number of rotatable bonds is 7. The van der Waals surface area contributed by atoms with E-state index in [2.05, 4.69) is 0 Å². The quantitative estimate of drug-likeness (QED) is 0.510. The Labute approximate surface area is 193 Å². The Morgan fingerprint density at radius 2 is 1.85 bits per heavy atom. The molecule has 178 valence electrons. The van der Waals surface area contributed by atoms with Crippen molar-refractivity contribution in [3.8, 4) is 5.75 Å². The molecule has 1 heterocycles. The Bertz CT molecular complexity index is 984. The van der Waals surface area contributed by atoms with Gasteiger partial charge < -0.3 is 14.5 Å². The van der Waals surface area contributed by atoms with Gasteiger partial charge in [-0.2, -0.15) is 13.2 Å². The highest BCUT2D eigenvalue weighted by molar-refractivity contribution is 5.97. The van der Waals surface area contributed by atoms with Crippen LogP contribution >= 0.6 is 0 Å². The molecule has 0 bridgehead atoms. The van der Waals surface area contributed by atoms with Gasteiger partial charge in [-0.15, -0.1) is 0 Å². The minimum Gasteiger partial charge on any atom is -0.497 e. The number of alkyl halides is 3. The molecular formula is C26H31F3N2O2. The van der Waals surface area contributed by atoms with Crippen molar-refractivity contribution >= 4 is 11.6 Å². The lowest BCUT2D eigenvalue weighted by Gasteiger charge is -2.29. The van der Waals surface area contributed by atoms with Crippen LogP contribution in [0.4, 0.5) is 18.9 Å². The molecule has 3 rings (SSSR count). The summed E-state index contributed by atoms with van der Waals surface area (Å²) < 4.78 is 45.8. The summed E-state index contributed by atoms with van der Waals surface area (Å²) >= 11 is 0. The topological polar surface area (TPSA) is 32.8 Å². The lowest BCUT2D eigenvalue weighted by atomic mass is 9.80. The standard InChI is InChI=1S/C26H31F3N2O2/c1-5-6-7-22-23(18-8-11-21(33-4)12-9-18)17-19-16-20(26(27,28)29)10-13-24(19)31(25(22)32)15-14-30(2)3/h5-6,8-13,16,22-23H,7,14-15,17H2,1-4H3/b6-5+/t22-,23+/m1/s1. The first kappa shape index (κ1) is 24.8. The summed E-state index contributed by atoms with van der Waals surface area (Å²) in [4.78, 5) is 17.5. The van der Waals surface area contributed by atoms with E-state index in [1.807, 2.05) is 62.3 Å². The highest BCUT2D eigenvalue weighted by Gasteiger charge is 2.39. The van der Waals surface area contributed by atoms with Gasteiger partial charge in [0, 0.05) is 24.7 Å². The van der Waals surface area contributed by atoms with Gasteiger partial charge in [0.25, 0.3) is 0 Å². The van der Waals surface area contributed by atoms with E-state index in [4.69, 9.17) is 4.74 Å². The highest BCUT2D eigenvalue weighted by Crippen LogP contribution is 2.42. The molecule has 0 saturated heterocycles. The maximum atomic E-state index is 13.8. The fraction of sp³-hybridized carbons (Fsp3) is 0.423. The Morgan fingerprint density at radius 1 is 1.15 bits per heavy atom. The minimum absolute atomic E-state index is 0.0609. The van der Waals surface area contributed by atoms with Crippen LogP contribution in [0, 0.1) is 5.92 Å². The molecule has 7 heteroatoms. The van der Waals surface area contributed by atoms with E-state index in [1.165, 1.54) is 12.1 Å². The summed E-state index contributed by atoms with van der Waals surface area (Å²) in [5, 5.41) is 0. The molecule has 2 aromatic rings. The maximum absolute atomic E-state index is 13.8. The van der Waals surface area contributed by atoms with Gasteiger partial charge in [-0.3, -0.25) is 4.79 Å². The van der Waals surface area contributed by atoms with Crippen molar-refractivity contribution in [1.82, 2.24) is 4.90 Å². The predicted octanol–water partition coefficient (Wildman–Crippen LogP) is 5.53. The van der Waals surface area contributed by atoms with E-state index >= 15 is 0 Å². The second kappa shape index (κ2) is 10.4. The fourth-order valence-electron chi connectivity index (χ4n) is 4.34. The van der Waals surface area contributed by atoms with Gasteiger partial charge in [0.2, 0.25) is 5.91 Å². The Balaban J connectivity index is 2.14. The van der Waals surface area contributed by atoms with Crippen molar-refractivity contribution in [2.24, 2.45) is 5.92 Å². The molecule has 1 amide bonds. The van der Waals surface area contributed by atoms with Crippen LogP contribution in [0.25, 0.3) is 0 Å². The SMILES string of the molecule is C/C=C/C[C@H]1C(=O)N(CCN(C)C)c2ccc(C(F)(F)F)cc2C[C@H]1c1ccc(OC)cc1. The largest absolute Gasteiger partial charge is 0.497 e. The van der Waals surface area contributed by atoms with Gasteiger partial charge in [-0.1, -0.05) is 24.3 Å². The molecule has 2 atom stereocenters. The van der Waals surface area contributed by atoms with Crippen LogP contribution in [0.1, 0.15) is 36.0 Å². The van der Waals surface area contributed by atoms with Gasteiger partial charge in [0.1, 0.15) is 5.75 Å². The minimum atomic E-state index is -4.44. The molecule has 0 spiro atoms. The van der Waals surface area contributed by atoms with Crippen molar-refractivity contribution in [2.45, 2.75) is 31.9 Å². The number of hydrogen-bond donors (Lipinski definition) is 0. The van der Waals surface area contributed by atoms with Crippen LogP contribution in [0.2, 0.25) is 0 Å². The monoisotopic (exact) mass is 460 g/mol. The number of benzene rings is 2. The van der Waals surface area contributed by atoms with Gasteiger partial charge in [-0.25, -0.2) is 0 Å². The molecule has 0 saturated carbocycles. The molecule has 1 aliphatic rings. The Morgan fingerprint density at radius 3 is 2.42 bits per heavy atom. The van der Waals surface area contributed by atoms with Crippen LogP contribution in [0.15, 0.2) is 54.6 Å². The van der Waals surface area contributed by atoms with Gasteiger partial charge in [0.05, 0.1) is 12.7 Å². The lowest BCUT2D eigenvalue weighted by Crippen LogP contribution is -2.41. The van der Waals surface area contributed by atoms with Crippen LogP contribution in [-0.2, 0) is 17.4 Å². The number of amides is 1. The molecule has 2 aromatic carbocycles.